The average Bonchev–Trinajstić information content (AvgIpc) is 2.61. The first-order valence-electron chi connectivity index (χ1n) is 3.99. The summed E-state index contributed by atoms with van der Waals surface area (Å²) in [5.74, 6) is -3.17. The molecule has 2 aromatic rings. The Labute approximate surface area is 82.9 Å². The van der Waals surface area contributed by atoms with E-state index in [4.69, 9.17) is 10.8 Å². The summed E-state index contributed by atoms with van der Waals surface area (Å²) in [6.07, 6.45) is 0. The molecule has 0 aliphatic carbocycles. The highest BCUT2D eigenvalue weighted by Gasteiger charge is 2.16. The highest BCUT2D eigenvalue weighted by atomic mass is 19.1. The van der Waals surface area contributed by atoms with E-state index in [2.05, 4.69) is 9.68 Å². The predicted octanol–water partition coefficient (Wildman–Crippen LogP) is 1.91. The highest BCUT2D eigenvalue weighted by molar-refractivity contribution is 5.63. The van der Waals surface area contributed by atoms with Gasteiger partial charge in [-0.2, -0.15) is 0 Å². The van der Waals surface area contributed by atoms with E-state index in [9.17, 15) is 8.78 Å². The molecule has 0 fully saturated rings. The van der Waals surface area contributed by atoms with Gasteiger partial charge in [0, 0.05) is 11.6 Å². The molecule has 0 aliphatic heterocycles. The molecule has 4 nitrogen and oxygen atoms in total. The van der Waals surface area contributed by atoms with Gasteiger partial charge in [-0.1, -0.05) is 5.16 Å². The van der Waals surface area contributed by atoms with Gasteiger partial charge in [-0.15, -0.1) is 0 Å². The molecular weight excluding hydrogens is 206 g/mol. The summed E-state index contributed by atoms with van der Waals surface area (Å²) in [5, 5.41) is 12.5. The fraction of sp³-hybridized carbons (Fsp3) is 0. The van der Waals surface area contributed by atoms with Crippen LogP contribution in [0.5, 0.6) is 5.75 Å². The molecule has 1 aromatic carbocycles. The summed E-state index contributed by atoms with van der Waals surface area (Å²) < 4.78 is 30.6. The van der Waals surface area contributed by atoms with Crippen molar-refractivity contribution in [2.75, 3.05) is 5.73 Å². The van der Waals surface area contributed by atoms with Crippen molar-refractivity contribution >= 4 is 5.88 Å². The second-order valence-corrected chi connectivity index (χ2v) is 2.87. The highest BCUT2D eigenvalue weighted by Crippen LogP contribution is 2.30. The molecule has 78 valence electrons. The number of benzene rings is 1. The van der Waals surface area contributed by atoms with Crippen molar-refractivity contribution in [3.05, 3.63) is 29.8 Å². The molecule has 0 aliphatic rings. The Morgan fingerprint density at radius 2 is 2.07 bits per heavy atom. The number of nitrogens with zero attached hydrogens (tertiary/aromatic N) is 1. The van der Waals surface area contributed by atoms with E-state index in [1.807, 2.05) is 0 Å². The summed E-state index contributed by atoms with van der Waals surface area (Å²) in [6, 6.07) is 3.34. The van der Waals surface area contributed by atoms with Crippen LogP contribution in [0.4, 0.5) is 14.7 Å². The smallest absolute Gasteiger partial charge is 0.222 e. The predicted molar refractivity (Wildman–Crippen MR) is 47.9 cm³/mol. The molecule has 0 amide bonds. The Bertz CT molecular complexity index is 511. The number of rotatable bonds is 1. The lowest BCUT2D eigenvalue weighted by Crippen LogP contribution is -1.88. The van der Waals surface area contributed by atoms with Crippen LogP contribution < -0.4 is 5.73 Å². The second-order valence-electron chi connectivity index (χ2n) is 2.87. The number of phenols is 1. The number of nitrogens with two attached hydrogens (primary N) is 1. The maximum absolute atomic E-state index is 13.3. The summed E-state index contributed by atoms with van der Waals surface area (Å²) in [7, 11) is 0. The fourth-order valence-corrected chi connectivity index (χ4v) is 1.16. The van der Waals surface area contributed by atoms with Crippen LogP contribution in [0.25, 0.3) is 11.3 Å². The molecule has 1 aromatic heterocycles. The van der Waals surface area contributed by atoms with Crippen LogP contribution in [0.3, 0.4) is 0 Å². The molecule has 1 heterocycles. The number of aromatic hydroxyl groups is 1. The second kappa shape index (κ2) is 3.23. The van der Waals surface area contributed by atoms with Gasteiger partial charge in [-0.05, 0) is 12.1 Å². The van der Waals surface area contributed by atoms with Crippen molar-refractivity contribution in [3.63, 3.8) is 0 Å². The van der Waals surface area contributed by atoms with E-state index in [0.717, 1.165) is 12.1 Å². The van der Waals surface area contributed by atoms with Gasteiger partial charge in [0.2, 0.25) is 5.88 Å². The van der Waals surface area contributed by atoms with Gasteiger partial charge in [-0.25, -0.2) is 8.78 Å². The lowest BCUT2D eigenvalue weighted by atomic mass is 10.1. The van der Waals surface area contributed by atoms with Crippen LogP contribution in [-0.4, -0.2) is 10.3 Å². The van der Waals surface area contributed by atoms with Crippen molar-refractivity contribution in [2.24, 2.45) is 0 Å². The molecule has 6 heteroatoms. The molecule has 0 unspecified atom stereocenters. The first-order valence-corrected chi connectivity index (χ1v) is 3.99. The van der Waals surface area contributed by atoms with Crippen molar-refractivity contribution in [1.29, 1.82) is 0 Å². The maximum atomic E-state index is 13.3. The molecule has 0 spiro atoms. The van der Waals surface area contributed by atoms with Crippen molar-refractivity contribution in [2.45, 2.75) is 0 Å². The van der Waals surface area contributed by atoms with Gasteiger partial charge >= 0.3 is 0 Å². The lowest BCUT2D eigenvalue weighted by Gasteiger charge is -2.01. The Kier molecular flexibility index (Phi) is 2.03. The molecular formula is C9H6F2N2O2. The third kappa shape index (κ3) is 1.50. The van der Waals surface area contributed by atoms with E-state index in [0.29, 0.717) is 0 Å². The lowest BCUT2D eigenvalue weighted by molar-refractivity contribution is 0.396. The minimum atomic E-state index is -1.09. The Balaban J connectivity index is 2.59. The zero-order valence-electron chi connectivity index (χ0n) is 7.37. The summed E-state index contributed by atoms with van der Waals surface area (Å²) in [4.78, 5) is 0. The fourth-order valence-electron chi connectivity index (χ4n) is 1.16. The van der Waals surface area contributed by atoms with E-state index in [-0.39, 0.29) is 17.1 Å². The van der Waals surface area contributed by atoms with Crippen molar-refractivity contribution in [3.8, 4) is 17.0 Å². The monoisotopic (exact) mass is 212 g/mol. The first kappa shape index (κ1) is 9.45. The molecule has 0 radical (unpaired) electrons. The Hall–Kier alpha value is -2.11. The number of aromatic nitrogens is 1. The third-order valence-electron chi connectivity index (χ3n) is 1.87. The van der Waals surface area contributed by atoms with Gasteiger partial charge in [-0.3, -0.25) is 0 Å². The molecule has 0 atom stereocenters. The normalized spacial score (nSPS) is 10.5. The number of halogens is 2. The van der Waals surface area contributed by atoms with Gasteiger partial charge in [0.25, 0.3) is 0 Å². The Morgan fingerprint density at radius 3 is 2.67 bits per heavy atom. The summed E-state index contributed by atoms with van der Waals surface area (Å²) in [6.45, 7) is 0. The summed E-state index contributed by atoms with van der Waals surface area (Å²) >= 11 is 0. The van der Waals surface area contributed by atoms with Crippen LogP contribution in [0.15, 0.2) is 22.7 Å². The Morgan fingerprint density at radius 1 is 1.33 bits per heavy atom. The van der Waals surface area contributed by atoms with E-state index >= 15 is 0 Å². The number of hydrogen-bond donors (Lipinski definition) is 2. The largest absolute Gasteiger partial charge is 0.503 e. The minimum Gasteiger partial charge on any atom is -0.503 e. The van der Waals surface area contributed by atoms with Gasteiger partial charge in [0.05, 0.1) is 0 Å². The SMILES string of the molecule is Nc1cc(-c2ccc(F)c(O)c2F)no1. The summed E-state index contributed by atoms with van der Waals surface area (Å²) in [5.41, 5.74) is 5.27. The van der Waals surface area contributed by atoms with E-state index < -0.39 is 17.4 Å². The quantitative estimate of drug-likeness (QED) is 0.757. The van der Waals surface area contributed by atoms with Crippen LogP contribution in [0, 0.1) is 11.6 Å². The minimum absolute atomic E-state index is 0.00761. The number of anilines is 1. The first-order chi connectivity index (χ1) is 7.09. The van der Waals surface area contributed by atoms with Crippen LogP contribution >= 0.6 is 0 Å². The number of hydrogen-bond acceptors (Lipinski definition) is 4. The molecule has 0 bridgehead atoms. The standard InChI is InChI=1S/C9H6F2N2O2/c10-5-2-1-4(8(11)9(5)14)6-3-7(12)15-13-6/h1-3,14H,12H2. The van der Waals surface area contributed by atoms with Crippen LogP contribution in [0.1, 0.15) is 0 Å². The molecule has 0 saturated heterocycles. The van der Waals surface area contributed by atoms with Crippen LogP contribution in [-0.2, 0) is 0 Å². The maximum Gasteiger partial charge on any atom is 0.222 e. The van der Waals surface area contributed by atoms with Crippen molar-refractivity contribution < 1.29 is 18.4 Å². The zero-order chi connectivity index (χ0) is 11.0. The molecule has 15 heavy (non-hydrogen) atoms. The molecule has 2 rings (SSSR count). The van der Waals surface area contributed by atoms with Crippen LogP contribution in [0.2, 0.25) is 0 Å². The molecule has 0 saturated carbocycles. The average molecular weight is 212 g/mol. The third-order valence-corrected chi connectivity index (χ3v) is 1.87. The van der Waals surface area contributed by atoms with E-state index in [1.54, 1.807) is 0 Å². The van der Waals surface area contributed by atoms with Gasteiger partial charge in [0.1, 0.15) is 5.69 Å². The number of phenolic OH excluding ortho intramolecular Hbond substituents is 1. The van der Waals surface area contributed by atoms with Gasteiger partial charge in [0.15, 0.2) is 17.4 Å². The zero-order valence-corrected chi connectivity index (χ0v) is 7.37. The number of nitrogen functional groups attached to an aromatic ring is 1. The molecule has 3 N–H and O–H groups in total. The van der Waals surface area contributed by atoms with Gasteiger partial charge < -0.3 is 15.4 Å². The van der Waals surface area contributed by atoms with E-state index in [1.165, 1.54) is 6.07 Å². The van der Waals surface area contributed by atoms with Crippen molar-refractivity contribution in [1.82, 2.24) is 5.16 Å². The topological polar surface area (TPSA) is 72.3 Å².